The van der Waals surface area contributed by atoms with Crippen LogP contribution in [0.2, 0.25) is 0 Å². The van der Waals surface area contributed by atoms with Crippen molar-refractivity contribution in [2.75, 3.05) is 25.0 Å². The summed E-state index contributed by atoms with van der Waals surface area (Å²) in [7, 11) is 3.69. The lowest BCUT2D eigenvalue weighted by molar-refractivity contribution is -0.384. The lowest BCUT2D eigenvalue weighted by Gasteiger charge is -2.33. The Morgan fingerprint density at radius 3 is 2.89 bits per heavy atom. The predicted molar refractivity (Wildman–Crippen MR) is 68.9 cm³/mol. The molecule has 7 heteroatoms. The summed E-state index contributed by atoms with van der Waals surface area (Å²) in [6.07, 6.45) is 2.14. The molecule has 0 saturated carbocycles. The van der Waals surface area contributed by atoms with Crippen LogP contribution in [0, 0.1) is 17.0 Å². The molecule has 0 spiro atoms. The fourth-order valence-electron chi connectivity index (χ4n) is 2.61. The number of likely N-dealkylation sites (N-methyl/N-ethyl adjacent to an activating group) is 1. The van der Waals surface area contributed by atoms with Crippen LogP contribution in [-0.2, 0) is 7.05 Å². The molecule has 1 unspecified atom stereocenters. The van der Waals surface area contributed by atoms with Gasteiger partial charge in [-0.1, -0.05) is 0 Å². The normalized spacial score (nSPS) is 20.2. The van der Waals surface area contributed by atoms with E-state index in [4.69, 9.17) is 0 Å². The van der Waals surface area contributed by atoms with Crippen LogP contribution in [0.25, 0.3) is 0 Å². The zero-order valence-corrected chi connectivity index (χ0v) is 11.0. The molecular weight excluding hydrogens is 234 g/mol. The first-order chi connectivity index (χ1) is 8.54. The molecule has 1 aromatic rings. The van der Waals surface area contributed by atoms with E-state index in [0.29, 0.717) is 17.6 Å². The fourth-order valence-corrected chi connectivity index (χ4v) is 2.61. The van der Waals surface area contributed by atoms with Gasteiger partial charge in [0, 0.05) is 26.2 Å². The summed E-state index contributed by atoms with van der Waals surface area (Å²) < 4.78 is 1.62. The molecule has 1 aromatic heterocycles. The van der Waals surface area contributed by atoms with E-state index in [1.807, 2.05) is 7.05 Å². The van der Waals surface area contributed by atoms with Gasteiger partial charge in [0.25, 0.3) is 0 Å². The highest BCUT2D eigenvalue weighted by Gasteiger charge is 2.30. The van der Waals surface area contributed by atoms with Crippen molar-refractivity contribution in [3.05, 3.63) is 15.8 Å². The highest BCUT2D eigenvalue weighted by molar-refractivity contribution is 5.61. The number of piperidine rings is 1. The predicted octanol–water partition coefficient (Wildman–Crippen LogP) is 0.825. The van der Waals surface area contributed by atoms with Crippen molar-refractivity contribution in [3.8, 4) is 0 Å². The summed E-state index contributed by atoms with van der Waals surface area (Å²) in [5.41, 5.74) is 0.610. The van der Waals surface area contributed by atoms with E-state index in [1.165, 1.54) is 0 Å². The average Bonchev–Trinajstić information content (AvgIpc) is 2.64. The number of aryl methyl sites for hydroxylation is 2. The number of hydrogen-bond acceptors (Lipinski definition) is 5. The standard InChI is InChI=1S/C11H19N5O2/c1-8-10(16(17)18)11(14(3)13-8)15-6-4-5-9(7-15)12-2/h9,12H,4-7H2,1-3H3. The fraction of sp³-hybridized carbons (Fsp3) is 0.727. The lowest BCUT2D eigenvalue weighted by atomic mass is 10.1. The van der Waals surface area contributed by atoms with Gasteiger partial charge in [0.1, 0.15) is 5.69 Å². The topological polar surface area (TPSA) is 76.2 Å². The van der Waals surface area contributed by atoms with Crippen LogP contribution < -0.4 is 10.2 Å². The number of rotatable bonds is 3. The highest BCUT2D eigenvalue weighted by atomic mass is 16.6. The minimum Gasteiger partial charge on any atom is -0.350 e. The summed E-state index contributed by atoms with van der Waals surface area (Å²) in [4.78, 5) is 12.9. The van der Waals surface area contributed by atoms with E-state index in [2.05, 4.69) is 15.3 Å². The molecule has 0 bridgehead atoms. The molecule has 1 saturated heterocycles. The van der Waals surface area contributed by atoms with Gasteiger partial charge in [-0.05, 0) is 26.8 Å². The molecule has 18 heavy (non-hydrogen) atoms. The van der Waals surface area contributed by atoms with Crippen molar-refractivity contribution >= 4 is 11.5 Å². The molecule has 1 aliphatic rings. The van der Waals surface area contributed by atoms with E-state index in [-0.39, 0.29) is 10.6 Å². The molecule has 0 amide bonds. The van der Waals surface area contributed by atoms with Gasteiger partial charge >= 0.3 is 5.69 Å². The Morgan fingerprint density at radius 2 is 2.28 bits per heavy atom. The number of aromatic nitrogens is 2. The van der Waals surface area contributed by atoms with Crippen molar-refractivity contribution in [2.45, 2.75) is 25.8 Å². The maximum atomic E-state index is 11.2. The molecule has 1 atom stereocenters. The third-order valence-electron chi connectivity index (χ3n) is 3.47. The van der Waals surface area contributed by atoms with Crippen LogP contribution in [0.3, 0.4) is 0 Å². The third-order valence-corrected chi connectivity index (χ3v) is 3.47. The number of hydrogen-bond donors (Lipinski definition) is 1. The van der Waals surface area contributed by atoms with Gasteiger partial charge in [0.15, 0.2) is 0 Å². The van der Waals surface area contributed by atoms with Gasteiger partial charge in [0.2, 0.25) is 5.82 Å². The van der Waals surface area contributed by atoms with Gasteiger partial charge in [-0.15, -0.1) is 0 Å². The molecule has 2 heterocycles. The molecule has 1 aliphatic heterocycles. The smallest absolute Gasteiger partial charge is 0.333 e. The van der Waals surface area contributed by atoms with E-state index < -0.39 is 0 Å². The monoisotopic (exact) mass is 253 g/mol. The quantitative estimate of drug-likeness (QED) is 0.637. The van der Waals surface area contributed by atoms with Crippen molar-refractivity contribution in [3.63, 3.8) is 0 Å². The molecule has 7 nitrogen and oxygen atoms in total. The Kier molecular flexibility index (Phi) is 3.51. The second-order valence-corrected chi connectivity index (χ2v) is 4.71. The number of nitrogens with one attached hydrogen (secondary N) is 1. The van der Waals surface area contributed by atoms with E-state index in [1.54, 1.807) is 18.7 Å². The Bertz CT molecular complexity index is 457. The van der Waals surface area contributed by atoms with Crippen LogP contribution in [-0.4, -0.2) is 40.9 Å². The third kappa shape index (κ3) is 2.17. The van der Waals surface area contributed by atoms with Crippen LogP contribution in [0.1, 0.15) is 18.5 Å². The highest BCUT2D eigenvalue weighted by Crippen LogP contribution is 2.32. The van der Waals surface area contributed by atoms with Gasteiger partial charge in [-0.25, -0.2) is 4.68 Å². The van der Waals surface area contributed by atoms with Crippen LogP contribution in [0.4, 0.5) is 11.5 Å². The zero-order valence-electron chi connectivity index (χ0n) is 11.0. The first-order valence-corrected chi connectivity index (χ1v) is 6.14. The summed E-state index contributed by atoms with van der Waals surface area (Å²) >= 11 is 0. The molecule has 1 fully saturated rings. The lowest BCUT2D eigenvalue weighted by Crippen LogP contribution is -2.45. The second-order valence-electron chi connectivity index (χ2n) is 4.71. The van der Waals surface area contributed by atoms with E-state index in [0.717, 1.165) is 25.9 Å². The van der Waals surface area contributed by atoms with Crippen molar-refractivity contribution in [2.24, 2.45) is 7.05 Å². The molecular formula is C11H19N5O2. The van der Waals surface area contributed by atoms with E-state index >= 15 is 0 Å². The molecule has 0 aliphatic carbocycles. The van der Waals surface area contributed by atoms with Gasteiger partial charge in [0.05, 0.1) is 4.92 Å². The van der Waals surface area contributed by atoms with Gasteiger partial charge in [-0.2, -0.15) is 5.10 Å². The van der Waals surface area contributed by atoms with Gasteiger partial charge in [-0.3, -0.25) is 10.1 Å². The Hall–Kier alpha value is -1.63. The van der Waals surface area contributed by atoms with Crippen molar-refractivity contribution < 1.29 is 4.92 Å². The van der Waals surface area contributed by atoms with Crippen LogP contribution in [0.5, 0.6) is 0 Å². The maximum Gasteiger partial charge on any atom is 0.333 e. The molecule has 1 N–H and O–H groups in total. The summed E-state index contributed by atoms with van der Waals surface area (Å²) in [5, 5.41) is 18.6. The molecule has 0 radical (unpaired) electrons. The Balaban J connectivity index is 2.35. The second kappa shape index (κ2) is 4.93. The first kappa shape index (κ1) is 12.8. The van der Waals surface area contributed by atoms with Crippen molar-refractivity contribution in [1.29, 1.82) is 0 Å². The Labute approximate surface area is 106 Å². The summed E-state index contributed by atoms with van der Waals surface area (Å²) in [6, 6.07) is 0.383. The van der Waals surface area contributed by atoms with Gasteiger partial charge < -0.3 is 10.2 Å². The van der Waals surface area contributed by atoms with Crippen LogP contribution in [0.15, 0.2) is 0 Å². The minimum absolute atomic E-state index is 0.134. The van der Waals surface area contributed by atoms with Crippen molar-refractivity contribution in [1.82, 2.24) is 15.1 Å². The first-order valence-electron chi connectivity index (χ1n) is 6.14. The molecule has 2 rings (SSSR count). The number of anilines is 1. The van der Waals surface area contributed by atoms with Crippen LogP contribution >= 0.6 is 0 Å². The molecule has 0 aromatic carbocycles. The maximum absolute atomic E-state index is 11.2. The Morgan fingerprint density at radius 1 is 1.56 bits per heavy atom. The SMILES string of the molecule is CNC1CCCN(c2c([N+](=O)[O-])c(C)nn2C)C1. The molecule has 100 valence electrons. The minimum atomic E-state index is -0.333. The summed E-state index contributed by atoms with van der Waals surface area (Å²) in [6.45, 7) is 3.31. The zero-order chi connectivity index (χ0) is 13.3. The number of nitro groups is 1. The van der Waals surface area contributed by atoms with E-state index in [9.17, 15) is 10.1 Å². The average molecular weight is 253 g/mol. The number of nitrogens with zero attached hydrogens (tertiary/aromatic N) is 4. The largest absolute Gasteiger partial charge is 0.350 e. The summed E-state index contributed by atoms with van der Waals surface area (Å²) in [5.74, 6) is 0.623.